The highest BCUT2D eigenvalue weighted by Gasteiger charge is 2.07. The summed E-state index contributed by atoms with van der Waals surface area (Å²) in [6.07, 6.45) is 3.35. The lowest BCUT2D eigenvalue weighted by Crippen LogP contribution is -2.23. The molecule has 102 valence electrons. The highest BCUT2D eigenvalue weighted by atomic mass is 32.2. The molecule has 0 amide bonds. The molecule has 1 rings (SSSR count). The first-order valence-corrected chi connectivity index (χ1v) is 8.03. The molecule has 1 aromatic rings. The summed E-state index contributed by atoms with van der Waals surface area (Å²) in [6, 6.07) is 7.77. The average molecular weight is 271 g/mol. The summed E-state index contributed by atoms with van der Waals surface area (Å²) >= 11 is 0. The maximum atomic E-state index is 11.0. The van der Waals surface area contributed by atoms with Gasteiger partial charge in [0.1, 0.15) is 15.6 Å². The number of sulfone groups is 1. The van der Waals surface area contributed by atoms with E-state index in [4.69, 9.17) is 10.5 Å². The largest absolute Gasteiger partial charge is 0.497 e. The highest BCUT2D eigenvalue weighted by Crippen LogP contribution is 2.13. The minimum atomic E-state index is -2.87. The average Bonchev–Trinajstić information content (AvgIpc) is 2.28. The predicted molar refractivity (Wildman–Crippen MR) is 73.6 cm³/mol. The Bertz CT molecular complexity index is 454. The second kappa shape index (κ2) is 6.75. The number of methoxy groups -OCH3 is 1. The summed E-state index contributed by atoms with van der Waals surface area (Å²) in [7, 11) is -1.24. The maximum Gasteiger partial charge on any atom is 0.147 e. The molecule has 0 aromatic heterocycles. The van der Waals surface area contributed by atoms with Crippen LogP contribution in [0.1, 0.15) is 18.4 Å². The first-order valence-electron chi connectivity index (χ1n) is 5.97. The molecule has 0 fully saturated rings. The van der Waals surface area contributed by atoms with Crippen LogP contribution in [0.3, 0.4) is 0 Å². The summed E-state index contributed by atoms with van der Waals surface area (Å²) in [5.41, 5.74) is 7.12. The van der Waals surface area contributed by atoms with Crippen molar-refractivity contribution in [1.82, 2.24) is 0 Å². The number of hydrogen-bond donors (Lipinski definition) is 1. The van der Waals surface area contributed by atoms with E-state index < -0.39 is 9.84 Å². The number of rotatable bonds is 7. The van der Waals surface area contributed by atoms with Crippen LogP contribution in [0.5, 0.6) is 5.75 Å². The molecule has 0 saturated heterocycles. The molecule has 0 aliphatic heterocycles. The molecule has 5 heteroatoms. The molecule has 0 heterocycles. The van der Waals surface area contributed by atoms with Gasteiger partial charge in [-0.3, -0.25) is 0 Å². The molecule has 0 aliphatic carbocycles. The Kier molecular flexibility index (Phi) is 5.62. The number of hydrogen-bond acceptors (Lipinski definition) is 4. The lowest BCUT2D eigenvalue weighted by atomic mass is 10.0. The van der Waals surface area contributed by atoms with Crippen LogP contribution in [-0.2, 0) is 16.3 Å². The smallest absolute Gasteiger partial charge is 0.147 e. The predicted octanol–water partition coefficient (Wildman–Crippen LogP) is 1.39. The van der Waals surface area contributed by atoms with E-state index in [9.17, 15) is 8.42 Å². The standard InChI is InChI=1S/C13H21NO3S/c1-17-13-7-5-11(6-8-13)10-12(14)4-3-9-18(2,15)16/h5-8,12H,3-4,9-10,14H2,1-2H3. The van der Waals surface area contributed by atoms with E-state index in [0.29, 0.717) is 6.42 Å². The minimum absolute atomic E-state index is 0.000134. The van der Waals surface area contributed by atoms with Crippen molar-refractivity contribution in [2.45, 2.75) is 25.3 Å². The minimum Gasteiger partial charge on any atom is -0.497 e. The Morgan fingerprint density at radius 1 is 1.28 bits per heavy atom. The van der Waals surface area contributed by atoms with Crippen LogP contribution in [-0.4, -0.2) is 33.6 Å². The van der Waals surface area contributed by atoms with Gasteiger partial charge in [0.2, 0.25) is 0 Å². The van der Waals surface area contributed by atoms with Crippen molar-refractivity contribution in [2.75, 3.05) is 19.1 Å². The van der Waals surface area contributed by atoms with Crippen LogP contribution in [0.15, 0.2) is 24.3 Å². The molecule has 2 N–H and O–H groups in total. The Morgan fingerprint density at radius 2 is 1.89 bits per heavy atom. The molecule has 1 aromatic carbocycles. The zero-order valence-corrected chi connectivity index (χ0v) is 11.7. The van der Waals surface area contributed by atoms with E-state index in [1.165, 1.54) is 6.26 Å². The Hall–Kier alpha value is -1.07. The van der Waals surface area contributed by atoms with Gasteiger partial charge in [-0.1, -0.05) is 12.1 Å². The van der Waals surface area contributed by atoms with Crippen LogP contribution in [0, 0.1) is 0 Å². The second-order valence-electron chi connectivity index (χ2n) is 4.58. The molecule has 1 unspecified atom stereocenters. The highest BCUT2D eigenvalue weighted by molar-refractivity contribution is 7.90. The summed E-state index contributed by atoms with van der Waals surface area (Å²) < 4.78 is 27.1. The van der Waals surface area contributed by atoms with Gasteiger partial charge < -0.3 is 10.5 Å². The molecule has 18 heavy (non-hydrogen) atoms. The first-order chi connectivity index (χ1) is 8.40. The topological polar surface area (TPSA) is 69.4 Å². The van der Waals surface area contributed by atoms with E-state index in [0.717, 1.165) is 24.2 Å². The van der Waals surface area contributed by atoms with Gasteiger partial charge in [-0.15, -0.1) is 0 Å². The zero-order valence-electron chi connectivity index (χ0n) is 10.9. The summed E-state index contributed by atoms with van der Waals surface area (Å²) in [5, 5.41) is 0. The van der Waals surface area contributed by atoms with Gasteiger partial charge >= 0.3 is 0 Å². The SMILES string of the molecule is COc1ccc(CC(N)CCCS(C)(=O)=O)cc1. The van der Waals surface area contributed by atoms with Crippen molar-refractivity contribution in [3.8, 4) is 5.75 Å². The van der Waals surface area contributed by atoms with Crippen LogP contribution in [0.25, 0.3) is 0 Å². The van der Waals surface area contributed by atoms with Crippen molar-refractivity contribution in [2.24, 2.45) is 5.73 Å². The molecular weight excluding hydrogens is 250 g/mol. The van der Waals surface area contributed by atoms with E-state index in [-0.39, 0.29) is 11.8 Å². The Labute approximate surface area is 109 Å². The van der Waals surface area contributed by atoms with Crippen LogP contribution < -0.4 is 10.5 Å². The number of benzene rings is 1. The van der Waals surface area contributed by atoms with Crippen LogP contribution in [0.4, 0.5) is 0 Å². The van der Waals surface area contributed by atoms with Crippen molar-refractivity contribution in [3.63, 3.8) is 0 Å². The third kappa shape index (κ3) is 6.02. The van der Waals surface area contributed by atoms with E-state index in [2.05, 4.69) is 0 Å². The number of ether oxygens (including phenoxy) is 1. The van der Waals surface area contributed by atoms with E-state index in [1.807, 2.05) is 24.3 Å². The summed E-state index contributed by atoms with van der Waals surface area (Å²) in [5.74, 6) is 1.04. The summed E-state index contributed by atoms with van der Waals surface area (Å²) in [6.45, 7) is 0. The van der Waals surface area contributed by atoms with Gasteiger partial charge in [-0.25, -0.2) is 8.42 Å². The van der Waals surface area contributed by atoms with Crippen molar-refractivity contribution < 1.29 is 13.2 Å². The molecule has 0 bridgehead atoms. The van der Waals surface area contributed by atoms with Crippen molar-refractivity contribution >= 4 is 9.84 Å². The van der Waals surface area contributed by atoms with Crippen molar-refractivity contribution in [1.29, 1.82) is 0 Å². The molecule has 0 spiro atoms. The zero-order chi connectivity index (χ0) is 13.6. The fourth-order valence-corrected chi connectivity index (χ4v) is 2.47. The maximum absolute atomic E-state index is 11.0. The Balaban J connectivity index is 2.37. The second-order valence-corrected chi connectivity index (χ2v) is 6.84. The summed E-state index contributed by atoms with van der Waals surface area (Å²) in [4.78, 5) is 0. The quantitative estimate of drug-likeness (QED) is 0.813. The molecule has 0 radical (unpaired) electrons. The lowest BCUT2D eigenvalue weighted by molar-refractivity contribution is 0.414. The normalized spacial score (nSPS) is 13.3. The molecule has 4 nitrogen and oxygen atoms in total. The lowest BCUT2D eigenvalue weighted by Gasteiger charge is -2.11. The third-order valence-corrected chi connectivity index (χ3v) is 3.78. The monoisotopic (exact) mass is 271 g/mol. The molecular formula is C13H21NO3S. The number of nitrogens with two attached hydrogens (primary N) is 1. The van der Waals surface area contributed by atoms with Gasteiger partial charge in [0.15, 0.2) is 0 Å². The fourth-order valence-electron chi connectivity index (χ4n) is 1.77. The fraction of sp³-hybridized carbons (Fsp3) is 0.538. The van der Waals surface area contributed by atoms with Gasteiger partial charge in [0, 0.05) is 18.1 Å². The van der Waals surface area contributed by atoms with E-state index >= 15 is 0 Å². The van der Waals surface area contributed by atoms with Crippen LogP contribution in [0.2, 0.25) is 0 Å². The van der Waals surface area contributed by atoms with Gasteiger partial charge in [-0.05, 0) is 37.0 Å². The molecule has 1 atom stereocenters. The van der Waals surface area contributed by atoms with Gasteiger partial charge in [-0.2, -0.15) is 0 Å². The first kappa shape index (κ1) is 15.0. The third-order valence-electron chi connectivity index (χ3n) is 2.75. The Morgan fingerprint density at radius 3 is 2.39 bits per heavy atom. The van der Waals surface area contributed by atoms with Gasteiger partial charge in [0.05, 0.1) is 7.11 Å². The van der Waals surface area contributed by atoms with Crippen molar-refractivity contribution in [3.05, 3.63) is 29.8 Å². The van der Waals surface area contributed by atoms with E-state index in [1.54, 1.807) is 7.11 Å². The molecule has 0 saturated carbocycles. The van der Waals surface area contributed by atoms with Gasteiger partial charge in [0.25, 0.3) is 0 Å². The molecule has 0 aliphatic rings. The van der Waals surface area contributed by atoms with Crippen LogP contribution >= 0.6 is 0 Å².